The molecule has 0 heterocycles. The average molecular weight is 413 g/mol. The summed E-state index contributed by atoms with van der Waals surface area (Å²) >= 11 is 0. The highest BCUT2D eigenvalue weighted by Gasteiger charge is 2.10. The lowest BCUT2D eigenvalue weighted by Crippen LogP contribution is -2.15. The minimum atomic E-state index is -0.514. The fourth-order valence-electron chi connectivity index (χ4n) is 3.20. The van der Waals surface area contributed by atoms with Crippen LogP contribution in [-0.2, 0) is 11.2 Å². The molecule has 0 aromatic heterocycles. The van der Waals surface area contributed by atoms with Crippen molar-refractivity contribution in [2.75, 3.05) is 12.0 Å². The molecular weight excluding hydrogens is 375 g/mol. The Morgan fingerprint density at radius 1 is 1.27 bits per heavy atom. The van der Waals surface area contributed by atoms with Crippen molar-refractivity contribution < 1.29 is 9.18 Å². The summed E-state index contributed by atoms with van der Waals surface area (Å²) in [6.45, 7) is 9.59. The number of amides is 1. The van der Waals surface area contributed by atoms with Gasteiger partial charge >= 0.3 is 0 Å². The largest absolute Gasteiger partial charge is 0.322 e. The standard InChI is InChI=1S/C26H37FN2O/c1-6-9-12-22-13-14-25(19-20(22)4)29-26(30)24(11-8-3)16-18-28-21(5)23(10-7-2)15-17-27/h7,10-11,13-15,18-19,21H,6,8-9,12,16-17H2,1-5H3,(H,29,30)/b10-7-,23-15+,24-11+,28-18?. The summed E-state index contributed by atoms with van der Waals surface area (Å²) in [5.41, 5.74) is 4.86. The highest BCUT2D eigenvalue weighted by atomic mass is 19.1. The Morgan fingerprint density at radius 2 is 2.03 bits per heavy atom. The molecule has 30 heavy (non-hydrogen) atoms. The van der Waals surface area contributed by atoms with Crippen LogP contribution in [0.4, 0.5) is 10.1 Å². The molecule has 0 fully saturated rings. The first kappa shape index (κ1) is 25.5. The fourth-order valence-corrected chi connectivity index (χ4v) is 3.20. The Morgan fingerprint density at radius 3 is 2.63 bits per heavy atom. The van der Waals surface area contributed by atoms with Gasteiger partial charge in [0.1, 0.15) is 6.67 Å². The summed E-state index contributed by atoms with van der Waals surface area (Å²) in [7, 11) is 0. The van der Waals surface area contributed by atoms with Crippen molar-refractivity contribution in [1.82, 2.24) is 0 Å². The van der Waals surface area contributed by atoms with Crippen LogP contribution in [0.5, 0.6) is 0 Å². The van der Waals surface area contributed by atoms with Crippen molar-refractivity contribution >= 4 is 17.8 Å². The highest BCUT2D eigenvalue weighted by molar-refractivity contribution is 6.05. The zero-order valence-corrected chi connectivity index (χ0v) is 19.2. The SMILES string of the molecule is C/C=C\C(=C/CF)C(C)N=CC/C(=C\CC)C(=O)Nc1ccc(CCCC)c(C)c1. The van der Waals surface area contributed by atoms with Crippen molar-refractivity contribution in [2.24, 2.45) is 4.99 Å². The number of anilines is 1. The van der Waals surface area contributed by atoms with Gasteiger partial charge in [-0.2, -0.15) is 0 Å². The van der Waals surface area contributed by atoms with Gasteiger partial charge in [0.25, 0.3) is 5.91 Å². The summed E-state index contributed by atoms with van der Waals surface area (Å²) < 4.78 is 12.7. The van der Waals surface area contributed by atoms with Gasteiger partial charge in [-0.05, 0) is 74.9 Å². The summed E-state index contributed by atoms with van der Waals surface area (Å²) in [6, 6.07) is 5.96. The molecule has 0 radical (unpaired) electrons. The van der Waals surface area contributed by atoms with Gasteiger partial charge in [0.05, 0.1) is 6.04 Å². The van der Waals surface area contributed by atoms with Gasteiger partial charge in [-0.15, -0.1) is 0 Å². The van der Waals surface area contributed by atoms with Gasteiger partial charge in [-0.25, -0.2) is 4.39 Å². The minimum Gasteiger partial charge on any atom is -0.322 e. The van der Waals surface area contributed by atoms with E-state index in [1.54, 1.807) is 6.21 Å². The first-order valence-corrected chi connectivity index (χ1v) is 11.0. The molecule has 0 aliphatic carbocycles. The second-order valence-corrected chi connectivity index (χ2v) is 7.41. The van der Waals surface area contributed by atoms with Gasteiger partial charge in [0, 0.05) is 23.9 Å². The summed E-state index contributed by atoms with van der Waals surface area (Å²) in [5.74, 6) is -0.107. The van der Waals surface area contributed by atoms with Crippen molar-refractivity contribution in [3.8, 4) is 0 Å². The first-order chi connectivity index (χ1) is 14.5. The quantitative estimate of drug-likeness (QED) is 0.226. The second-order valence-electron chi connectivity index (χ2n) is 7.41. The van der Waals surface area contributed by atoms with Crippen LogP contribution in [0.3, 0.4) is 0 Å². The van der Waals surface area contributed by atoms with Gasteiger partial charge in [-0.3, -0.25) is 9.79 Å². The number of allylic oxidation sites excluding steroid dienone is 3. The van der Waals surface area contributed by atoms with Crippen LogP contribution in [-0.4, -0.2) is 24.8 Å². The Kier molecular flexibility index (Phi) is 12.3. The van der Waals surface area contributed by atoms with Crippen LogP contribution in [0.1, 0.15) is 64.5 Å². The molecule has 0 spiro atoms. The molecule has 1 aromatic carbocycles. The molecule has 0 saturated heterocycles. The smallest absolute Gasteiger partial charge is 0.251 e. The number of nitrogens with zero attached hydrogens (tertiary/aromatic N) is 1. The van der Waals surface area contributed by atoms with Gasteiger partial charge in [-0.1, -0.05) is 44.6 Å². The molecule has 1 aromatic rings. The number of benzene rings is 1. The summed E-state index contributed by atoms with van der Waals surface area (Å²) in [4.78, 5) is 17.3. The Hall–Kier alpha value is -2.49. The lowest BCUT2D eigenvalue weighted by Gasteiger charge is -2.11. The normalized spacial score (nSPS) is 13.9. The summed E-state index contributed by atoms with van der Waals surface area (Å²) in [6.07, 6.45) is 13.6. The van der Waals surface area contributed by atoms with E-state index in [0.29, 0.717) is 12.0 Å². The molecule has 0 aliphatic heterocycles. The number of nitrogens with one attached hydrogen (secondary N) is 1. The van der Waals surface area contributed by atoms with E-state index in [0.717, 1.165) is 24.1 Å². The van der Waals surface area contributed by atoms with E-state index in [1.807, 2.05) is 51.1 Å². The van der Waals surface area contributed by atoms with E-state index in [9.17, 15) is 9.18 Å². The zero-order chi connectivity index (χ0) is 22.4. The minimum absolute atomic E-state index is 0.107. The van der Waals surface area contributed by atoms with E-state index in [4.69, 9.17) is 0 Å². The number of aliphatic imine (C=N–C) groups is 1. The molecule has 1 amide bonds. The van der Waals surface area contributed by atoms with Gasteiger partial charge < -0.3 is 5.32 Å². The van der Waals surface area contributed by atoms with Crippen molar-refractivity contribution in [2.45, 2.75) is 72.8 Å². The maximum Gasteiger partial charge on any atom is 0.251 e. The van der Waals surface area contributed by atoms with Crippen LogP contribution in [0.25, 0.3) is 0 Å². The summed E-state index contributed by atoms with van der Waals surface area (Å²) in [5, 5.41) is 3.01. The molecule has 1 unspecified atom stereocenters. The second kappa shape index (κ2) is 14.5. The Bertz CT molecular complexity index is 790. The maximum atomic E-state index is 12.8. The number of halogens is 1. The molecule has 4 heteroatoms. The fraction of sp³-hybridized carbons (Fsp3) is 0.462. The number of carbonyl (C=O) groups is 1. The predicted molar refractivity (Wildman–Crippen MR) is 128 cm³/mol. The topological polar surface area (TPSA) is 41.5 Å². The van der Waals surface area contributed by atoms with E-state index >= 15 is 0 Å². The number of aryl methyl sites for hydroxylation is 2. The van der Waals surface area contributed by atoms with Crippen molar-refractivity contribution in [3.05, 3.63) is 64.8 Å². The number of unbranched alkanes of at least 4 members (excludes halogenated alkanes) is 1. The van der Waals surface area contributed by atoms with Crippen LogP contribution >= 0.6 is 0 Å². The van der Waals surface area contributed by atoms with Crippen molar-refractivity contribution in [3.63, 3.8) is 0 Å². The van der Waals surface area contributed by atoms with Crippen molar-refractivity contribution in [1.29, 1.82) is 0 Å². The molecule has 1 N–H and O–H groups in total. The molecule has 3 nitrogen and oxygen atoms in total. The molecule has 0 bridgehead atoms. The van der Waals surface area contributed by atoms with Crippen LogP contribution in [0.15, 0.2) is 58.6 Å². The number of hydrogen-bond acceptors (Lipinski definition) is 2. The molecule has 0 saturated carbocycles. The molecular formula is C26H37FN2O. The monoisotopic (exact) mass is 412 g/mol. The molecule has 0 aliphatic rings. The highest BCUT2D eigenvalue weighted by Crippen LogP contribution is 2.18. The van der Waals surface area contributed by atoms with Gasteiger partial charge in [0.2, 0.25) is 0 Å². The van der Waals surface area contributed by atoms with Crippen LogP contribution < -0.4 is 5.32 Å². The third kappa shape index (κ3) is 8.89. The molecule has 164 valence electrons. The van der Waals surface area contributed by atoms with Gasteiger partial charge in [0.15, 0.2) is 0 Å². The Labute approximate surface area is 181 Å². The lowest BCUT2D eigenvalue weighted by molar-refractivity contribution is -0.112. The van der Waals surface area contributed by atoms with E-state index < -0.39 is 6.67 Å². The average Bonchev–Trinajstić information content (AvgIpc) is 2.72. The lowest BCUT2D eigenvalue weighted by atomic mass is 10.0. The number of rotatable bonds is 12. The third-order valence-electron chi connectivity index (χ3n) is 4.94. The zero-order valence-electron chi connectivity index (χ0n) is 19.2. The Balaban J connectivity index is 2.81. The number of carbonyl (C=O) groups excluding carboxylic acids is 1. The number of alkyl halides is 1. The van der Waals surface area contributed by atoms with Crippen LogP contribution in [0.2, 0.25) is 0 Å². The number of hydrogen-bond donors (Lipinski definition) is 1. The third-order valence-corrected chi connectivity index (χ3v) is 4.94. The molecule has 1 atom stereocenters. The van der Waals surface area contributed by atoms with Crippen LogP contribution in [0, 0.1) is 6.92 Å². The maximum absolute atomic E-state index is 12.8. The van der Waals surface area contributed by atoms with E-state index in [-0.39, 0.29) is 11.9 Å². The molecule has 1 rings (SSSR count). The van der Waals surface area contributed by atoms with E-state index in [2.05, 4.69) is 30.2 Å². The van der Waals surface area contributed by atoms with E-state index in [1.165, 1.54) is 30.0 Å². The predicted octanol–water partition coefficient (Wildman–Crippen LogP) is 6.93. The first-order valence-electron chi connectivity index (χ1n) is 11.0.